The minimum atomic E-state index is -3.86. The molecule has 1 atom stereocenters. The van der Waals surface area contributed by atoms with Crippen LogP contribution in [-0.2, 0) is 20.0 Å². The van der Waals surface area contributed by atoms with Gasteiger partial charge in [0.05, 0.1) is 11.5 Å². The molecular weight excluding hydrogens is 264 g/mol. The van der Waals surface area contributed by atoms with E-state index in [9.17, 15) is 16.8 Å². The molecule has 1 heterocycles. The lowest BCUT2D eigenvalue weighted by Crippen LogP contribution is -2.27. The third kappa shape index (κ3) is 2.98. The number of para-hydroxylation sites is 1. The van der Waals surface area contributed by atoms with Gasteiger partial charge in [0.15, 0.2) is 9.84 Å². The second-order valence-electron chi connectivity index (χ2n) is 3.91. The van der Waals surface area contributed by atoms with Gasteiger partial charge in [0.1, 0.15) is 11.0 Å². The van der Waals surface area contributed by atoms with Crippen LogP contribution in [0.15, 0.2) is 30.3 Å². The summed E-state index contributed by atoms with van der Waals surface area (Å²) in [6.45, 7) is 0. The van der Waals surface area contributed by atoms with Crippen molar-refractivity contribution in [1.82, 2.24) is 0 Å². The molecule has 1 unspecified atom stereocenters. The first kappa shape index (κ1) is 12.4. The molecule has 0 N–H and O–H groups in total. The second-order valence-corrected chi connectivity index (χ2v) is 7.96. The lowest BCUT2D eigenvalue weighted by Gasteiger charge is -2.10. The van der Waals surface area contributed by atoms with Crippen LogP contribution >= 0.6 is 0 Å². The van der Waals surface area contributed by atoms with Gasteiger partial charge in [-0.25, -0.2) is 8.42 Å². The van der Waals surface area contributed by atoms with E-state index in [1.165, 1.54) is 12.1 Å². The van der Waals surface area contributed by atoms with Crippen LogP contribution in [0.4, 0.5) is 0 Å². The van der Waals surface area contributed by atoms with Crippen LogP contribution in [0.5, 0.6) is 5.75 Å². The first-order valence-corrected chi connectivity index (χ1v) is 8.37. The SMILES string of the molecule is O=S1(=O)CCC(S(=O)(=O)Oc2ccccc2)C1. The number of hydrogen-bond donors (Lipinski definition) is 0. The molecule has 1 aromatic rings. The Kier molecular flexibility index (Phi) is 3.13. The summed E-state index contributed by atoms with van der Waals surface area (Å²) in [7, 11) is -7.09. The van der Waals surface area contributed by atoms with Crippen molar-refractivity contribution in [3.8, 4) is 5.75 Å². The third-order valence-corrected chi connectivity index (χ3v) is 6.18. The molecule has 0 radical (unpaired) electrons. The van der Waals surface area contributed by atoms with E-state index in [1.807, 2.05) is 0 Å². The smallest absolute Gasteiger partial charge is 0.313 e. The second kappa shape index (κ2) is 4.30. The van der Waals surface area contributed by atoms with Crippen LogP contribution in [0.3, 0.4) is 0 Å². The highest BCUT2D eigenvalue weighted by Gasteiger charge is 2.38. The minimum absolute atomic E-state index is 0.0882. The van der Waals surface area contributed by atoms with Crippen molar-refractivity contribution in [2.45, 2.75) is 11.7 Å². The fourth-order valence-corrected chi connectivity index (χ4v) is 5.57. The normalized spacial score (nSPS) is 23.4. The predicted octanol–water partition coefficient (Wildman–Crippen LogP) is 0.582. The molecule has 1 aromatic carbocycles. The maximum absolute atomic E-state index is 11.8. The Bertz CT molecular complexity index is 589. The minimum Gasteiger partial charge on any atom is -0.382 e. The highest BCUT2D eigenvalue weighted by molar-refractivity contribution is 7.94. The molecule has 0 amide bonds. The van der Waals surface area contributed by atoms with Crippen molar-refractivity contribution in [3.05, 3.63) is 30.3 Å². The fourth-order valence-electron chi connectivity index (χ4n) is 1.67. The number of hydrogen-bond acceptors (Lipinski definition) is 5. The molecule has 0 bridgehead atoms. The maximum Gasteiger partial charge on any atom is 0.313 e. The molecule has 5 nitrogen and oxygen atoms in total. The van der Waals surface area contributed by atoms with Crippen molar-refractivity contribution in [1.29, 1.82) is 0 Å². The van der Waals surface area contributed by atoms with E-state index in [-0.39, 0.29) is 23.7 Å². The summed E-state index contributed by atoms with van der Waals surface area (Å²) in [5, 5.41) is -0.951. The Labute approximate surface area is 100 Å². The van der Waals surface area contributed by atoms with E-state index in [4.69, 9.17) is 4.18 Å². The molecule has 1 aliphatic rings. The third-order valence-electron chi connectivity index (χ3n) is 2.55. The van der Waals surface area contributed by atoms with Crippen molar-refractivity contribution in [3.63, 3.8) is 0 Å². The monoisotopic (exact) mass is 276 g/mol. The molecule has 1 fully saturated rings. The van der Waals surface area contributed by atoms with Crippen LogP contribution in [0.2, 0.25) is 0 Å². The van der Waals surface area contributed by atoms with E-state index in [0.717, 1.165) is 0 Å². The van der Waals surface area contributed by atoms with Gasteiger partial charge in [-0.2, -0.15) is 8.42 Å². The van der Waals surface area contributed by atoms with E-state index in [2.05, 4.69) is 0 Å². The topological polar surface area (TPSA) is 77.5 Å². The lowest BCUT2D eigenvalue weighted by atomic mass is 10.3. The number of sulfone groups is 1. The Morgan fingerprint density at radius 3 is 2.35 bits per heavy atom. The summed E-state index contributed by atoms with van der Waals surface area (Å²) in [5.74, 6) is -0.228. The fraction of sp³-hybridized carbons (Fsp3) is 0.400. The predicted molar refractivity (Wildman–Crippen MR) is 63.0 cm³/mol. The Morgan fingerprint density at radius 2 is 1.82 bits per heavy atom. The van der Waals surface area contributed by atoms with Crippen molar-refractivity contribution >= 4 is 20.0 Å². The summed E-state index contributed by atoms with van der Waals surface area (Å²) < 4.78 is 50.9. The largest absolute Gasteiger partial charge is 0.382 e. The van der Waals surface area contributed by atoms with Crippen LogP contribution < -0.4 is 4.18 Å². The molecule has 0 aliphatic carbocycles. The zero-order chi connectivity index (χ0) is 12.5. The zero-order valence-corrected chi connectivity index (χ0v) is 10.6. The van der Waals surface area contributed by atoms with Crippen LogP contribution in [0, 0.1) is 0 Å². The standard InChI is InChI=1S/C10H12O5S2/c11-16(12)7-6-10(8-16)17(13,14)15-9-4-2-1-3-5-9/h1-5,10H,6-8H2. The van der Waals surface area contributed by atoms with E-state index >= 15 is 0 Å². The van der Waals surface area contributed by atoms with E-state index in [1.54, 1.807) is 18.2 Å². The molecule has 1 aliphatic heterocycles. The molecule has 0 spiro atoms. The van der Waals surface area contributed by atoms with Crippen molar-refractivity contribution in [2.75, 3.05) is 11.5 Å². The number of rotatable bonds is 3. The molecule has 94 valence electrons. The van der Waals surface area contributed by atoms with Gasteiger partial charge in [0.2, 0.25) is 0 Å². The zero-order valence-electron chi connectivity index (χ0n) is 8.94. The van der Waals surface area contributed by atoms with E-state index < -0.39 is 25.2 Å². The van der Waals surface area contributed by atoms with Crippen LogP contribution in [-0.4, -0.2) is 33.6 Å². The summed E-state index contributed by atoms with van der Waals surface area (Å²) in [6.07, 6.45) is 0.109. The molecule has 0 aromatic heterocycles. The van der Waals surface area contributed by atoms with Crippen LogP contribution in [0.1, 0.15) is 6.42 Å². The Morgan fingerprint density at radius 1 is 1.18 bits per heavy atom. The van der Waals surface area contributed by atoms with Crippen molar-refractivity contribution in [2.24, 2.45) is 0 Å². The molecule has 0 saturated carbocycles. The molecule has 2 rings (SSSR count). The maximum atomic E-state index is 11.8. The summed E-state index contributed by atoms with van der Waals surface area (Å²) >= 11 is 0. The highest BCUT2D eigenvalue weighted by atomic mass is 32.2. The summed E-state index contributed by atoms with van der Waals surface area (Å²) in [5.41, 5.74) is 0. The molecule has 1 saturated heterocycles. The first-order valence-electron chi connectivity index (χ1n) is 5.08. The summed E-state index contributed by atoms with van der Waals surface area (Å²) in [4.78, 5) is 0. The lowest BCUT2D eigenvalue weighted by molar-refractivity contribution is 0.474. The van der Waals surface area contributed by atoms with Gasteiger partial charge in [-0.3, -0.25) is 0 Å². The van der Waals surface area contributed by atoms with Gasteiger partial charge in [0, 0.05) is 0 Å². The Balaban J connectivity index is 2.16. The average molecular weight is 276 g/mol. The highest BCUT2D eigenvalue weighted by Crippen LogP contribution is 2.22. The van der Waals surface area contributed by atoms with Crippen LogP contribution in [0.25, 0.3) is 0 Å². The number of benzene rings is 1. The van der Waals surface area contributed by atoms with Gasteiger partial charge >= 0.3 is 10.1 Å². The average Bonchev–Trinajstić information content (AvgIpc) is 2.60. The first-order chi connectivity index (χ1) is 7.89. The van der Waals surface area contributed by atoms with Gasteiger partial charge in [-0.15, -0.1) is 0 Å². The van der Waals surface area contributed by atoms with Gasteiger partial charge in [-0.1, -0.05) is 18.2 Å². The molecular formula is C10H12O5S2. The van der Waals surface area contributed by atoms with Gasteiger partial charge < -0.3 is 4.18 Å². The van der Waals surface area contributed by atoms with Crippen molar-refractivity contribution < 1.29 is 21.0 Å². The quantitative estimate of drug-likeness (QED) is 0.755. The van der Waals surface area contributed by atoms with Gasteiger partial charge in [-0.05, 0) is 18.6 Å². The molecule has 17 heavy (non-hydrogen) atoms. The molecule has 7 heteroatoms. The van der Waals surface area contributed by atoms with E-state index in [0.29, 0.717) is 0 Å². The summed E-state index contributed by atoms with van der Waals surface area (Å²) in [6, 6.07) is 8.06. The Hall–Kier alpha value is -1.08. The van der Waals surface area contributed by atoms with Gasteiger partial charge in [0.25, 0.3) is 0 Å².